The van der Waals surface area contributed by atoms with Crippen molar-refractivity contribution in [1.82, 2.24) is 0 Å². The largest absolute Gasteiger partial charge is 0.362 e. The Balaban J connectivity index is 1.51. The average Bonchev–Trinajstić information content (AvgIpc) is 3.02. The number of allylic oxidation sites excluding steroid dienone is 4. The first-order valence-corrected chi connectivity index (χ1v) is 9.35. The van der Waals surface area contributed by atoms with Crippen molar-refractivity contribution in [3.63, 3.8) is 0 Å². The van der Waals surface area contributed by atoms with Gasteiger partial charge in [0, 0.05) is 6.42 Å². The zero-order valence-electron chi connectivity index (χ0n) is 13.6. The normalized spacial score (nSPS) is 45.7. The lowest BCUT2D eigenvalue weighted by molar-refractivity contribution is -0.114. The van der Waals surface area contributed by atoms with E-state index in [2.05, 4.69) is 6.92 Å². The van der Waals surface area contributed by atoms with Crippen LogP contribution in [0.1, 0.15) is 71.1 Å². The van der Waals surface area contributed by atoms with Gasteiger partial charge in [0.1, 0.15) is 5.60 Å². The van der Waals surface area contributed by atoms with Crippen LogP contribution in [0, 0.1) is 11.8 Å². The molecule has 5 rings (SSSR count). The van der Waals surface area contributed by atoms with Crippen molar-refractivity contribution < 1.29 is 9.53 Å². The van der Waals surface area contributed by atoms with E-state index < -0.39 is 0 Å². The fourth-order valence-corrected chi connectivity index (χ4v) is 6.56. The molecule has 0 aromatic rings. The minimum absolute atomic E-state index is 0.253. The highest BCUT2D eigenvalue weighted by atomic mass is 16.6. The first-order valence-electron chi connectivity index (χ1n) is 9.35. The molecule has 1 saturated heterocycles. The van der Waals surface area contributed by atoms with Gasteiger partial charge in [-0.1, -0.05) is 18.9 Å². The summed E-state index contributed by atoms with van der Waals surface area (Å²) in [6, 6.07) is 0. The highest BCUT2D eigenvalue weighted by molar-refractivity contribution is 5.93. The van der Waals surface area contributed by atoms with E-state index in [1.165, 1.54) is 50.5 Å². The van der Waals surface area contributed by atoms with Crippen molar-refractivity contribution in [2.75, 3.05) is 0 Å². The van der Waals surface area contributed by atoms with Crippen molar-refractivity contribution in [2.45, 2.75) is 82.3 Å². The van der Waals surface area contributed by atoms with Crippen LogP contribution in [0.2, 0.25) is 0 Å². The van der Waals surface area contributed by atoms with Crippen molar-refractivity contribution in [3.05, 3.63) is 22.8 Å². The lowest BCUT2D eigenvalue weighted by Gasteiger charge is -2.42. The number of ketones is 1. The molecule has 2 nitrogen and oxygen atoms in total. The molecule has 1 aliphatic heterocycles. The quantitative estimate of drug-likeness (QED) is 0.703. The molecule has 0 bridgehead atoms. The number of ether oxygens (including phenoxy) is 1. The molecule has 4 unspecified atom stereocenters. The first kappa shape index (κ1) is 13.5. The van der Waals surface area contributed by atoms with E-state index in [0.29, 0.717) is 5.78 Å². The maximum absolute atomic E-state index is 11.7. The number of epoxide rings is 1. The van der Waals surface area contributed by atoms with Crippen LogP contribution in [0.25, 0.3) is 0 Å². The summed E-state index contributed by atoms with van der Waals surface area (Å²) in [6.07, 6.45) is 13.8. The Labute approximate surface area is 133 Å². The molecule has 1 spiro atoms. The molecule has 0 radical (unpaired) electrons. The summed E-state index contributed by atoms with van der Waals surface area (Å²) >= 11 is 0. The van der Waals surface area contributed by atoms with Crippen molar-refractivity contribution in [2.24, 2.45) is 11.8 Å². The van der Waals surface area contributed by atoms with Gasteiger partial charge < -0.3 is 4.74 Å². The van der Waals surface area contributed by atoms with E-state index in [1.807, 2.05) is 6.08 Å². The third-order valence-corrected chi connectivity index (χ3v) is 7.37. The molecular formula is C20H26O2. The smallest absolute Gasteiger partial charge is 0.156 e. The molecule has 0 aromatic carbocycles. The van der Waals surface area contributed by atoms with Gasteiger partial charge in [0.05, 0.1) is 5.60 Å². The van der Waals surface area contributed by atoms with Gasteiger partial charge in [-0.3, -0.25) is 4.79 Å². The van der Waals surface area contributed by atoms with Gasteiger partial charge in [0.2, 0.25) is 0 Å². The van der Waals surface area contributed by atoms with Crippen LogP contribution in [-0.4, -0.2) is 17.0 Å². The van der Waals surface area contributed by atoms with Crippen LogP contribution < -0.4 is 0 Å². The molecule has 2 heteroatoms. The lowest BCUT2D eigenvalue weighted by atomic mass is 9.61. The second-order valence-corrected chi connectivity index (χ2v) is 8.17. The minimum Gasteiger partial charge on any atom is -0.362 e. The minimum atomic E-state index is 0.253. The van der Waals surface area contributed by atoms with Crippen LogP contribution in [0.4, 0.5) is 0 Å². The Morgan fingerprint density at radius 3 is 2.95 bits per heavy atom. The summed E-state index contributed by atoms with van der Waals surface area (Å²) in [6.45, 7) is 2.30. The van der Waals surface area contributed by atoms with Crippen LogP contribution in [0.5, 0.6) is 0 Å². The molecule has 4 aliphatic carbocycles. The number of rotatable bonds is 2. The molecule has 22 heavy (non-hydrogen) atoms. The Kier molecular flexibility index (Phi) is 2.67. The van der Waals surface area contributed by atoms with Gasteiger partial charge >= 0.3 is 0 Å². The fraction of sp³-hybridized carbons (Fsp3) is 0.750. The maximum atomic E-state index is 11.7. The lowest BCUT2D eigenvalue weighted by Crippen LogP contribution is -2.39. The highest BCUT2D eigenvalue weighted by Crippen LogP contribution is 2.72. The van der Waals surface area contributed by atoms with Gasteiger partial charge in [-0.15, -0.1) is 0 Å². The molecule has 2 saturated carbocycles. The van der Waals surface area contributed by atoms with E-state index in [9.17, 15) is 4.79 Å². The van der Waals surface area contributed by atoms with Crippen molar-refractivity contribution in [1.29, 1.82) is 0 Å². The molecule has 5 aliphatic rings. The van der Waals surface area contributed by atoms with Gasteiger partial charge in [-0.25, -0.2) is 0 Å². The first-order chi connectivity index (χ1) is 10.7. The zero-order valence-corrected chi connectivity index (χ0v) is 13.6. The van der Waals surface area contributed by atoms with Gasteiger partial charge in [-0.2, -0.15) is 0 Å². The Bertz CT molecular complexity index is 613. The summed E-state index contributed by atoms with van der Waals surface area (Å²) in [5, 5.41) is 0. The third-order valence-electron chi connectivity index (χ3n) is 7.37. The zero-order chi connectivity index (χ0) is 14.9. The van der Waals surface area contributed by atoms with E-state index in [-0.39, 0.29) is 11.2 Å². The standard InChI is InChI=1S/C20H26O2/c1-2-9-19-10-8-18-17-5-3-13-12-14(21)4-6-15(13)16(17)7-11-20(18,19)22-19/h12,17-18H,2-11H2,1H3. The highest BCUT2D eigenvalue weighted by Gasteiger charge is 2.77. The Hall–Kier alpha value is -0.890. The second kappa shape index (κ2) is 4.35. The van der Waals surface area contributed by atoms with Crippen molar-refractivity contribution in [3.8, 4) is 0 Å². The fourth-order valence-electron chi connectivity index (χ4n) is 6.56. The van der Waals surface area contributed by atoms with E-state index >= 15 is 0 Å². The van der Waals surface area contributed by atoms with E-state index in [4.69, 9.17) is 4.74 Å². The molecule has 1 heterocycles. The average molecular weight is 298 g/mol. The number of hydrogen-bond acceptors (Lipinski definition) is 2. The predicted molar refractivity (Wildman–Crippen MR) is 85.5 cm³/mol. The van der Waals surface area contributed by atoms with Crippen LogP contribution in [0.15, 0.2) is 22.8 Å². The number of carbonyl (C=O) groups excluding carboxylic acids is 1. The molecule has 0 N–H and O–H groups in total. The summed E-state index contributed by atoms with van der Waals surface area (Å²) < 4.78 is 6.48. The summed E-state index contributed by atoms with van der Waals surface area (Å²) in [4.78, 5) is 11.7. The topological polar surface area (TPSA) is 29.6 Å². The van der Waals surface area contributed by atoms with E-state index in [0.717, 1.165) is 31.1 Å². The van der Waals surface area contributed by atoms with Gasteiger partial charge in [-0.05, 0) is 80.4 Å². The molecular weight excluding hydrogens is 272 g/mol. The number of hydrogen-bond donors (Lipinski definition) is 0. The molecule has 3 fully saturated rings. The SMILES string of the molecule is CCCC12CCC3C4CCC5=CC(=O)CCC5=C4CCC31O2. The predicted octanol–water partition coefficient (Wildman–Crippen LogP) is 4.49. The molecule has 118 valence electrons. The number of fused-ring (bicyclic) bond motifs is 3. The molecule has 0 amide bonds. The molecule has 0 aromatic heterocycles. The summed E-state index contributed by atoms with van der Waals surface area (Å²) in [7, 11) is 0. The van der Waals surface area contributed by atoms with E-state index in [1.54, 1.807) is 11.1 Å². The van der Waals surface area contributed by atoms with Gasteiger partial charge in [0.25, 0.3) is 0 Å². The Morgan fingerprint density at radius 1 is 1.18 bits per heavy atom. The second-order valence-electron chi connectivity index (χ2n) is 8.17. The van der Waals surface area contributed by atoms with Crippen LogP contribution in [-0.2, 0) is 9.53 Å². The van der Waals surface area contributed by atoms with Crippen molar-refractivity contribution >= 4 is 5.78 Å². The summed E-state index contributed by atoms with van der Waals surface area (Å²) in [5.41, 5.74) is 5.21. The maximum Gasteiger partial charge on any atom is 0.156 e. The van der Waals surface area contributed by atoms with Crippen LogP contribution in [0.3, 0.4) is 0 Å². The monoisotopic (exact) mass is 298 g/mol. The number of carbonyl (C=O) groups is 1. The van der Waals surface area contributed by atoms with Gasteiger partial charge in [0.15, 0.2) is 5.78 Å². The Morgan fingerprint density at radius 2 is 2.09 bits per heavy atom. The summed E-state index contributed by atoms with van der Waals surface area (Å²) in [5.74, 6) is 1.88. The third kappa shape index (κ3) is 1.52. The molecule has 4 atom stereocenters. The van der Waals surface area contributed by atoms with Crippen LogP contribution >= 0.6 is 0 Å².